The van der Waals surface area contributed by atoms with Crippen molar-refractivity contribution in [3.63, 3.8) is 0 Å². The maximum absolute atomic E-state index is 12.1. The molecule has 0 aliphatic heterocycles. The van der Waals surface area contributed by atoms with Crippen LogP contribution in [0.2, 0.25) is 0 Å². The summed E-state index contributed by atoms with van der Waals surface area (Å²) in [4.78, 5) is 18.3. The minimum atomic E-state index is -4.72. The topological polar surface area (TPSA) is 67.0 Å². The SMILES string of the molecule is Cc1cc2[nH]c(Nc3ccc(OC(F)(F)F)cc3)nc2cc1C=O. The molecule has 0 aliphatic rings. The van der Waals surface area contributed by atoms with Gasteiger partial charge >= 0.3 is 6.36 Å². The Bertz CT molecular complexity index is 886. The van der Waals surface area contributed by atoms with E-state index < -0.39 is 6.36 Å². The van der Waals surface area contributed by atoms with Gasteiger partial charge in [0.05, 0.1) is 11.0 Å². The summed E-state index contributed by atoms with van der Waals surface area (Å²) in [5.74, 6) is 0.112. The normalized spacial score (nSPS) is 11.5. The van der Waals surface area contributed by atoms with Gasteiger partial charge in [0.25, 0.3) is 0 Å². The first kappa shape index (κ1) is 15.9. The number of alkyl halides is 3. The number of nitrogens with zero attached hydrogens (tertiary/aromatic N) is 1. The summed E-state index contributed by atoms with van der Waals surface area (Å²) >= 11 is 0. The Kier molecular flexibility index (Phi) is 3.88. The molecule has 1 aromatic heterocycles. The van der Waals surface area contributed by atoms with Crippen LogP contribution < -0.4 is 10.1 Å². The van der Waals surface area contributed by atoms with Gasteiger partial charge in [0.15, 0.2) is 0 Å². The number of carbonyl (C=O) groups is 1. The fourth-order valence-corrected chi connectivity index (χ4v) is 2.24. The van der Waals surface area contributed by atoms with Crippen molar-refractivity contribution in [2.45, 2.75) is 13.3 Å². The number of carbonyl (C=O) groups excluding carboxylic acids is 1. The van der Waals surface area contributed by atoms with Crippen molar-refractivity contribution in [3.8, 4) is 5.75 Å². The van der Waals surface area contributed by atoms with E-state index in [9.17, 15) is 18.0 Å². The number of anilines is 2. The molecule has 124 valence electrons. The van der Waals surface area contributed by atoms with E-state index >= 15 is 0 Å². The molecule has 0 fully saturated rings. The van der Waals surface area contributed by atoms with E-state index in [0.29, 0.717) is 22.7 Å². The second-order valence-electron chi connectivity index (χ2n) is 5.13. The predicted molar refractivity (Wildman–Crippen MR) is 82.6 cm³/mol. The minimum Gasteiger partial charge on any atom is -0.406 e. The molecule has 0 atom stereocenters. The van der Waals surface area contributed by atoms with Gasteiger partial charge in [-0.2, -0.15) is 0 Å². The number of ether oxygens (including phenoxy) is 1. The highest BCUT2D eigenvalue weighted by Gasteiger charge is 2.30. The van der Waals surface area contributed by atoms with Crippen molar-refractivity contribution in [3.05, 3.63) is 47.5 Å². The van der Waals surface area contributed by atoms with Crippen LogP contribution in [-0.4, -0.2) is 22.6 Å². The van der Waals surface area contributed by atoms with E-state index in [1.807, 2.05) is 6.92 Å². The van der Waals surface area contributed by atoms with Gasteiger partial charge in [0.1, 0.15) is 12.0 Å². The maximum atomic E-state index is 12.1. The molecule has 2 N–H and O–H groups in total. The Hall–Kier alpha value is -3.03. The van der Waals surface area contributed by atoms with Crippen LogP contribution >= 0.6 is 0 Å². The summed E-state index contributed by atoms with van der Waals surface area (Å²) in [6, 6.07) is 8.75. The Morgan fingerprint density at radius 2 is 1.92 bits per heavy atom. The number of aryl methyl sites for hydroxylation is 1. The third kappa shape index (κ3) is 3.48. The summed E-state index contributed by atoms with van der Waals surface area (Å²) in [5, 5.41) is 2.95. The Morgan fingerprint density at radius 1 is 1.21 bits per heavy atom. The third-order valence-corrected chi connectivity index (χ3v) is 3.35. The van der Waals surface area contributed by atoms with Crippen molar-refractivity contribution in [1.29, 1.82) is 0 Å². The molecular formula is C16H12F3N3O2. The maximum Gasteiger partial charge on any atom is 0.573 e. The summed E-state index contributed by atoms with van der Waals surface area (Å²) in [6.07, 6.45) is -3.96. The van der Waals surface area contributed by atoms with Gasteiger partial charge in [0, 0.05) is 11.3 Å². The van der Waals surface area contributed by atoms with E-state index in [0.717, 1.165) is 17.4 Å². The van der Waals surface area contributed by atoms with Gasteiger partial charge in [-0.15, -0.1) is 13.2 Å². The summed E-state index contributed by atoms with van der Waals surface area (Å²) in [6.45, 7) is 1.82. The van der Waals surface area contributed by atoms with E-state index in [-0.39, 0.29) is 5.75 Å². The van der Waals surface area contributed by atoms with Crippen LogP contribution in [0.25, 0.3) is 11.0 Å². The van der Waals surface area contributed by atoms with Crippen LogP contribution in [-0.2, 0) is 0 Å². The van der Waals surface area contributed by atoms with Gasteiger partial charge in [-0.3, -0.25) is 4.79 Å². The molecule has 0 aliphatic carbocycles. The Balaban J connectivity index is 1.80. The lowest BCUT2D eigenvalue weighted by Crippen LogP contribution is -2.16. The number of aromatic nitrogens is 2. The molecule has 3 aromatic rings. The molecule has 0 unspecified atom stereocenters. The summed E-state index contributed by atoms with van der Waals surface area (Å²) in [7, 11) is 0. The van der Waals surface area contributed by atoms with Gasteiger partial charge in [0.2, 0.25) is 5.95 Å². The number of fused-ring (bicyclic) bond motifs is 1. The average molecular weight is 335 g/mol. The van der Waals surface area contributed by atoms with E-state index in [2.05, 4.69) is 20.0 Å². The molecule has 8 heteroatoms. The number of benzene rings is 2. The molecule has 0 saturated heterocycles. The first-order valence-electron chi connectivity index (χ1n) is 6.92. The number of halogens is 3. The van der Waals surface area contributed by atoms with Gasteiger partial charge < -0.3 is 15.0 Å². The van der Waals surface area contributed by atoms with Crippen LogP contribution in [0.5, 0.6) is 5.75 Å². The number of hydrogen-bond donors (Lipinski definition) is 2. The van der Waals surface area contributed by atoms with E-state index in [1.165, 1.54) is 24.3 Å². The molecule has 0 amide bonds. The zero-order valence-corrected chi connectivity index (χ0v) is 12.4. The van der Waals surface area contributed by atoms with Gasteiger partial charge in [-0.05, 0) is 48.9 Å². The molecule has 0 spiro atoms. The predicted octanol–water partition coefficient (Wildman–Crippen LogP) is 4.33. The molecule has 5 nitrogen and oxygen atoms in total. The zero-order valence-electron chi connectivity index (χ0n) is 12.4. The zero-order chi connectivity index (χ0) is 17.3. The van der Waals surface area contributed by atoms with Crippen LogP contribution in [0.4, 0.5) is 24.8 Å². The highest BCUT2D eigenvalue weighted by atomic mass is 19.4. The van der Waals surface area contributed by atoms with Crippen molar-refractivity contribution >= 4 is 29.0 Å². The lowest BCUT2D eigenvalue weighted by atomic mass is 10.1. The first-order valence-corrected chi connectivity index (χ1v) is 6.92. The average Bonchev–Trinajstić information content (AvgIpc) is 2.88. The van der Waals surface area contributed by atoms with E-state index in [1.54, 1.807) is 12.1 Å². The monoisotopic (exact) mass is 335 g/mol. The fraction of sp³-hybridized carbons (Fsp3) is 0.125. The largest absolute Gasteiger partial charge is 0.573 e. The lowest BCUT2D eigenvalue weighted by Gasteiger charge is -2.09. The number of aromatic amines is 1. The molecule has 0 radical (unpaired) electrons. The van der Waals surface area contributed by atoms with Crippen molar-refractivity contribution in [1.82, 2.24) is 9.97 Å². The molecule has 24 heavy (non-hydrogen) atoms. The van der Waals surface area contributed by atoms with Crippen molar-refractivity contribution in [2.75, 3.05) is 5.32 Å². The van der Waals surface area contributed by atoms with Crippen LogP contribution in [0.3, 0.4) is 0 Å². The second-order valence-corrected chi connectivity index (χ2v) is 5.13. The highest BCUT2D eigenvalue weighted by Crippen LogP contribution is 2.25. The molecular weight excluding hydrogens is 323 g/mol. The minimum absolute atomic E-state index is 0.302. The van der Waals surface area contributed by atoms with Crippen molar-refractivity contribution < 1.29 is 22.7 Å². The molecule has 0 saturated carbocycles. The van der Waals surface area contributed by atoms with Gasteiger partial charge in [-0.1, -0.05) is 0 Å². The van der Waals surface area contributed by atoms with Crippen LogP contribution in [0, 0.1) is 6.92 Å². The number of H-pyrrole nitrogens is 1. The van der Waals surface area contributed by atoms with Gasteiger partial charge in [-0.25, -0.2) is 4.98 Å². The molecule has 0 bridgehead atoms. The smallest absolute Gasteiger partial charge is 0.406 e. The number of rotatable bonds is 4. The fourth-order valence-electron chi connectivity index (χ4n) is 2.24. The van der Waals surface area contributed by atoms with Crippen molar-refractivity contribution in [2.24, 2.45) is 0 Å². The molecule has 3 rings (SSSR count). The standard InChI is InChI=1S/C16H12F3N3O2/c1-9-6-13-14(7-10(9)8-23)22-15(21-13)20-11-2-4-12(5-3-11)24-16(17,18)19/h2-8H,1H3,(H2,20,21,22). The summed E-state index contributed by atoms with van der Waals surface area (Å²) < 4.78 is 40.2. The quantitative estimate of drug-likeness (QED) is 0.697. The van der Waals surface area contributed by atoms with Crippen LogP contribution in [0.1, 0.15) is 15.9 Å². The summed E-state index contributed by atoms with van der Waals surface area (Å²) in [5.41, 5.74) is 3.27. The Morgan fingerprint density at radius 3 is 2.54 bits per heavy atom. The molecule has 1 heterocycles. The number of nitrogens with one attached hydrogen (secondary N) is 2. The third-order valence-electron chi connectivity index (χ3n) is 3.35. The number of imidazole rings is 1. The Labute approximate surface area is 134 Å². The van der Waals surface area contributed by atoms with E-state index in [4.69, 9.17) is 0 Å². The lowest BCUT2D eigenvalue weighted by molar-refractivity contribution is -0.274. The molecule has 2 aromatic carbocycles. The number of hydrogen-bond acceptors (Lipinski definition) is 4. The first-order chi connectivity index (χ1) is 11.3. The highest BCUT2D eigenvalue weighted by molar-refractivity contribution is 5.88. The van der Waals surface area contributed by atoms with Crippen LogP contribution in [0.15, 0.2) is 36.4 Å². The second kappa shape index (κ2) is 5.88. The number of aldehydes is 1.